The van der Waals surface area contributed by atoms with E-state index >= 15 is 0 Å². The van der Waals surface area contributed by atoms with Gasteiger partial charge in [-0.25, -0.2) is 4.79 Å². The van der Waals surface area contributed by atoms with E-state index in [1.807, 2.05) is 0 Å². The molecule has 1 aliphatic rings. The van der Waals surface area contributed by atoms with Crippen LogP contribution >= 0.6 is 0 Å². The van der Waals surface area contributed by atoms with Crippen LogP contribution in [0.25, 0.3) is 6.08 Å². The van der Waals surface area contributed by atoms with Crippen LogP contribution in [-0.2, 0) is 9.59 Å². The average Bonchev–Trinajstić information content (AvgIpc) is 2.16. The summed E-state index contributed by atoms with van der Waals surface area (Å²) in [7, 11) is 0. The minimum Gasteiger partial charge on any atom is -0.479 e. The molecule has 1 N–H and O–H groups in total. The number of Topliss-reactive ketones (excluding diaryl/α,β-unsaturated/α-hetero) is 1. The van der Waals surface area contributed by atoms with E-state index in [0.29, 0.717) is 10.6 Å². The molecule has 1 aromatic rings. The van der Waals surface area contributed by atoms with Gasteiger partial charge in [0.05, 0.1) is 5.36 Å². The van der Waals surface area contributed by atoms with Crippen molar-refractivity contribution in [3.8, 4) is 0 Å². The molecular weight excluding hydrogens is 182 g/mol. The highest BCUT2D eigenvalue weighted by Crippen LogP contribution is 1.96. The molecule has 0 fully saturated rings. The molecule has 1 aromatic carbocycles. The lowest BCUT2D eigenvalue weighted by Crippen LogP contribution is -2.39. The van der Waals surface area contributed by atoms with Gasteiger partial charge >= 0.3 is 5.97 Å². The smallest absolute Gasteiger partial charge is 0.336 e. The molecule has 4 nitrogen and oxygen atoms in total. The Hall–Kier alpha value is -1.97. The monoisotopic (exact) mass is 189 g/mol. The number of fused-ring (bicyclic) bond motifs is 1. The minimum atomic E-state index is -1.27. The summed E-state index contributed by atoms with van der Waals surface area (Å²) in [6.45, 7) is 0. The summed E-state index contributed by atoms with van der Waals surface area (Å²) in [6.07, 6.45) is 1.32. The predicted octanol–water partition coefficient (Wildman–Crippen LogP) is -0.877. The van der Waals surface area contributed by atoms with Gasteiger partial charge in [-0.3, -0.25) is 9.79 Å². The van der Waals surface area contributed by atoms with Crippen molar-refractivity contribution in [1.29, 1.82) is 0 Å². The third-order valence-electron chi connectivity index (χ3n) is 2.01. The Bertz CT molecular complexity index is 518. The first-order valence-electron chi connectivity index (χ1n) is 4.10. The van der Waals surface area contributed by atoms with E-state index in [2.05, 4.69) is 4.99 Å². The highest BCUT2D eigenvalue weighted by atomic mass is 16.4. The number of carbonyl (C=O) groups is 2. The first-order chi connectivity index (χ1) is 6.68. The number of rotatable bonds is 1. The van der Waals surface area contributed by atoms with Gasteiger partial charge in [-0.1, -0.05) is 18.2 Å². The van der Waals surface area contributed by atoms with E-state index < -0.39 is 17.8 Å². The van der Waals surface area contributed by atoms with Gasteiger partial charge in [-0.15, -0.1) is 0 Å². The Morgan fingerprint density at radius 1 is 1.36 bits per heavy atom. The number of hydrogen-bond donors (Lipinski definition) is 1. The maximum atomic E-state index is 11.3. The van der Waals surface area contributed by atoms with Crippen LogP contribution < -0.4 is 10.6 Å². The molecule has 0 spiro atoms. The Morgan fingerprint density at radius 2 is 2.07 bits per heavy atom. The van der Waals surface area contributed by atoms with Crippen LogP contribution in [0, 0.1) is 0 Å². The Labute approximate surface area is 79.2 Å². The maximum Gasteiger partial charge on any atom is 0.336 e. The molecule has 1 heterocycles. The van der Waals surface area contributed by atoms with Gasteiger partial charge in [0.15, 0.2) is 5.78 Å². The number of nitrogens with zero attached hydrogens (tertiary/aromatic N) is 1. The summed E-state index contributed by atoms with van der Waals surface area (Å²) in [6, 6.07) is 5.68. The first kappa shape index (κ1) is 8.62. The molecule has 0 aromatic heterocycles. The van der Waals surface area contributed by atoms with Gasteiger partial charge in [-0.2, -0.15) is 0 Å². The number of carboxylic acids is 1. The Balaban J connectivity index is 2.67. The molecule has 1 atom stereocenters. The van der Waals surface area contributed by atoms with Crippen LogP contribution in [0.2, 0.25) is 0 Å². The zero-order chi connectivity index (χ0) is 10.1. The van der Waals surface area contributed by atoms with Gasteiger partial charge in [0, 0.05) is 5.22 Å². The lowest BCUT2D eigenvalue weighted by Gasteiger charge is -2.06. The van der Waals surface area contributed by atoms with E-state index in [0.717, 1.165) is 0 Å². The molecule has 70 valence electrons. The van der Waals surface area contributed by atoms with E-state index in [-0.39, 0.29) is 0 Å². The summed E-state index contributed by atoms with van der Waals surface area (Å²) in [5.41, 5.74) is 0. The molecule has 0 bridgehead atoms. The van der Waals surface area contributed by atoms with Crippen LogP contribution in [0.5, 0.6) is 0 Å². The lowest BCUT2D eigenvalue weighted by atomic mass is 10.1. The molecule has 1 aliphatic heterocycles. The maximum absolute atomic E-state index is 11.3. The van der Waals surface area contributed by atoms with Gasteiger partial charge in [0.1, 0.15) is 0 Å². The fourth-order valence-corrected chi connectivity index (χ4v) is 1.34. The third kappa shape index (κ3) is 1.31. The predicted molar refractivity (Wildman–Crippen MR) is 48.1 cm³/mol. The molecule has 4 heteroatoms. The summed E-state index contributed by atoms with van der Waals surface area (Å²) in [4.78, 5) is 25.8. The number of para-hydroxylation sites is 1. The van der Waals surface area contributed by atoms with Crippen molar-refractivity contribution < 1.29 is 14.7 Å². The average molecular weight is 189 g/mol. The molecule has 14 heavy (non-hydrogen) atoms. The van der Waals surface area contributed by atoms with Crippen LogP contribution in [0.3, 0.4) is 0 Å². The van der Waals surface area contributed by atoms with Gasteiger partial charge < -0.3 is 5.11 Å². The van der Waals surface area contributed by atoms with E-state index in [4.69, 9.17) is 5.11 Å². The summed E-state index contributed by atoms with van der Waals surface area (Å²) in [5.74, 6) is -1.68. The summed E-state index contributed by atoms with van der Waals surface area (Å²) < 4.78 is 0. The quantitative estimate of drug-likeness (QED) is 0.583. The Morgan fingerprint density at radius 3 is 2.79 bits per heavy atom. The van der Waals surface area contributed by atoms with Crippen molar-refractivity contribution in [3.05, 3.63) is 34.8 Å². The zero-order valence-corrected chi connectivity index (χ0v) is 7.18. The van der Waals surface area contributed by atoms with Crippen LogP contribution in [0.4, 0.5) is 0 Å². The topological polar surface area (TPSA) is 66.7 Å². The standard InChI is InChI=1S/C10H7NO3/c12-8-5-6-3-1-2-4-7(6)11-9(8)10(13)14/h1-5,9H,(H,13,14). The molecule has 0 aliphatic carbocycles. The van der Waals surface area contributed by atoms with Crippen LogP contribution in [-0.4, -0.2) is 22.9 Å². The fraction of sp³-hybridized carbons (Fsp3) is 0.100. The summed E-state index contributed by atoms with van der Waals surface area (Å²) in [5, 5.41) is 9.93. The van der Waals surface area contributed by atoms with Gasteiger partial charge in [-0.05, 0) is 12.1 Å². The molecule has 0 radical (unpaired) electrons. The second-order valence-corrected chi connectivity index (χ2v) is 2.98. The van der Waals surface area contributed by atoms with Crippen molar-refractivity contribution in [1.82, 2.24) is 0 Å². The van der Waals surface area contributed by atoms with Gasteiger partial charge in [0.2, 0.25) is 6.04 Å². The largest absolute Gasteiger partial charge is 0.479 e. The van der Waals surface area contributed by atoms with Crippen molar-refractivity contribution in [2.24, 2.45) is 4.99 Å². The van der Waals surface area contributed by atoms with Crippen molar-refractivity contribution in [3.63, 3.8) is 0 Å². The van der Waals surface area contributed by atoms with Crippen molar-refractivity contribution in [2.75, 3.05) is 0 Å². The number of benzene rings is 1. The second kappa shape index (κ2) is 3.06. The second-order valence-electron chi connectivity index (χ2n) is 2.98. The van der Waals surface area contributed by atoms with Crippen molar-refractivity contribution >= 4 is 17.8 Å². The van der Waals surface area contributed by atoms with Crippen LogP contribution in [0.1, 0.15) is 0 Å². The highest BCUT2D eigenvalue weighted by molar-refractivity contribution is 6.18. The zero-order valence-electron chi connectivity index (χ0n) is 7.18. The van der Waals surface area contributed by atoms with E-state index in [1.54, 1.807) is 24.3 Å². The molecule has 1 unspecified atom stereocenters. The highest BCUT2D eigenvalue weighted by Gasteiger charge is 2.24. The van der Waals surface area contributed by atoms with E-state index in [1.165, 1.54) is 6.08 Å². The molecule has 0 saturated heterocycles. The number of hydrogen-bond acceptors (Lipinski definition) is 3. The number of ketones is 1. The normalized spacial score (nSPS) is 19.1. The molecule has 0 saturated carbocycles. The van der Waals surface area contributed by atoms with E-state index in [9.17, 15) is 9.59 Å². The fourth-order valence-electron chi connectivity index (χ4n) is 1.34. The van der Waals surface area contributed by atoms with Gasteiger partial charge in [0.25, 0.3) is 0 Å². The molecular formula is C10H7NO3. The molecule has 2 rings (SSSR count). The number of carbonyl (C=O) groups excluding carboxylic acids is 1. The van der Waals surface area contributed by atoms with Crippen molar-refractivity contribution in [2.45, 2.75) is 6.04 Å². The van der Waals surface area contributed by atoms with Crippen LogP contribution in [0.15, 0.2) is 29.3 Å². The first-order valence-corrected chi connectivity index (χ1v) is 4.10. The lowest BCUT2D eigenvalue weighted by molar-refractivity contribution is -0.140. The Kier molecular flexibility index (Phi) is 1.89. The number of carboxylic acid groups (broad SMARTS) is 1. The summed E-state index contributed by atoms with van der Waals surface area (Å²) >= 11 is 0. The third-order valence-corrected chi connectivity index (χ3v) is 2.01. The minimum absolute atomic E-state index is 0.476. The SMILES string of the molecule is O=C(O)C1N=c2ccccc2=CC1=O. The molecule has 0 amide bonds. The number of aliphatic carboxylic acids is 1.